The highest BCUT2D eigenvalue weighted by atomic mass is 79.9. The van der Waals surface area contributed by atoms with Gasteiger partial charge in [0, 0.05) is 15.5 Å². The number of hydrogen-bond acceptors (Lipinski definition) is 2. The Morgan fingerprint density at radius 2 is 2.33 bits per heavy atom. The van der Waals surface area contributed by atoms with Gasteiger partial charge >= 0.3 is 0 Å². The molecule has 5 heteroatoms. The van der Waals surface area contributed by atoms with E-state index in [2.05, 4.69) is 21.2 Å². The lowest BCUT2D eigenvalue weighted by Gasteiger charge is -2.11. The van der Waals surface area contributed by atoms with Crippen LogP contribution in [0.4, 0.5) is 0 Å². The van der Waals surface area contributed by atoms with Gasteiger partial charge in [-0.2, -0.15) is 0 Å². The van der Waals surface area contributed by atoms with Crippen molar-refractivity contribution in [2.75, 3.05) is 6.61 Å². The molecule has 0 saturated heterocycles. The predicted octanol–water partition coefficient (Wildman–Crippen LogP) is 2.21. The van der Waals surface area contributed by atoms with Crippen LogP contribution < -0.4 is 5.32 Å². The number of carbonyl (C=O) groups is 1. The van der Waals surface area contributed by atoms with Crippen molar-refractivity contribution in [1.82, 2.24) is 5.32 Å². The summed E-state index contributed by atoms with van der Waals surface area (Å²) in [5, 5.41) is 12.0. The molecule has 2 N–H and O–H groups in total. The van der Waals surface area contributed by atoms with Crippen molar-refractivity contribution >= 4 is 33.4 Å². The van der Waals surface area contributed by atoms with Gasteiger partial charge in [-0.25, -0.2) is 0 Å². The van der Waals surface area contributed by atoms with Crippen LogP contribution in [0, 0.1) is 0 Å². The summed E-state index contributed by atoms with van der Waals surface area (Å²) in [5.41, 5.74) is 0.500. The number of carbonyl (C=O) groups excluding carboxylic acids is 1. The fourth-order valence-electron chi connectivity index (χ4n) is 1.02. The Morgan fingerprint density at radius 3 is 2.87 bits per heavy atom. The average molecular weight is 293 g/mol. The molecule has 1 aromatic rings. The number of aliphatic hydroxyl groups excluding tert-OH is 1. The lowest BCUT2D eigenvalue weighted by molar-refractivity contribution is 0.0921. The van der Waals surface area contributed by atoms with Gasteiger partial charge in [0.15, 0.2) is 0 Å². The smallest absolute Gasteiger partial charge is 0.252 e. The molecule has 0 aliphatic carbocycles. The molecule has 0 aliphatic rings. The quantitative estimate of drug-likeness (QED) is 0.897. The summed E-state index contributed by atoms with van der Waals surface area (Å²) >= 11 is 9.00. The van der Waals surface area contributed by atoms with Crippen molar-refractivity contribution in [2.24, 2.45) is 0 Å². The number of aliphatic hydroxyl groups is 1. The Morgan fingerprint density at radius 1 is 1.67 bits per heavy atom. The van der Waals surface area contributed by atoms with Crippen LogP contribution in [0.2, 0.25) is 5.02 Å². The summed E-state index contributed by atoms with van der Waals surface area (Å²) in [4.78, 5) is 11.7. The van der Waals surface area contributed by atoms with Gasteiger partial charge in [0.05, 0.1) is 12.2 Å². The van der Waals surface area contributed by atoms with Gasteiger partial charge < -0.3 is 10.4 Å². The molecule has 1 atom stereocenters. The molecule has 0 heterocycles. The van der Waals surface area contributed by atoms with E-state index < -0.39 is 0 Å². The molecule has 1 amide bonds. The van der Waals surface area contributed by atoms with E-state index in [1.807, 2.05) is 0 Å². The largest absolute Gasteiger partial charge is 0.394 e. The van der Waals surface area contributed by atoms with Crippen LogP contribution >= 0.6 is 27.5 Å². The molecule has 0 aliphatic heterocycles. The maximum Gasteiger partial charge on any atom is 0.252 e. The van der Waals surface area contributed by atoms with E-state index in [0.717, 1.165) is 0 Å². The second-order valence-corrected chi connectivity index (χ2v) is 4.47. The highest BCUT2D eigenvalue weighted by Gasteiger charge is 2.12. The SMILES string of the molecule is C[C@@H](CO)NC(=O)c1ccc(Cl)cc1Br. The molecular formula is C10H11BrClNO2. The number of benzene rings is 1. The van der Waals surface area contributed by atoms with Gasteiger partial charge in [-0.3, -0.25) is 4.79 Å². The maximum absolute atomic E-state index is 11.7. The van der Waals surface area contributed by atoms with Crippen molar-refractivity contribution in [2.45, 2.75) is 13.0 Å². The minimum Gasteiger partial charge on any atom is -0.394 e. The first kappa shape index (κ1) is 12.5. The zero-order chi connectivity index (χ0) is 11.4. The van der Waals surface area contributed by atoms with E-state index in [-0.39, 0.29) is 18.6 Å². The first-order chi connectivity index (χ1) is 7.04. The monoisotopic (exact) mass is 291 g/mol. The molecule has 82 valence electrons. The van der Waals surface area contributed by atoms with E-state index >= 15 is 0 Å². The standard InChI is InChI=1S/C10H11BrClNO2/c1-6(5-14)13-10(15)8-3-2-7(12)4-9(8)11/h2-4,6,14H,5H2,1H3,(H,13,15)/t6-/m0/s1. The summed E-state index contributed by atoms with van der Waals surface area (Å²) in [6, 6.07) is 4.66. The maximum atomic E-state index is 11.7. The zero-order valence-corrected chi connectivity index (χ0v) is 10.5. The summed E-state index contributed by atoms with van der Waals surface area (Å²) < 4.78 is 0.637. The minimum atomic E-state index is -0.264. The Balaban J connectivity index is 2.82. The first-order valence-electron chi connectivity index (χ1n) is 4.41. The summed E-state index contributed by atoms with van der Waals surface area (Å²) in [6.07, 6.45) is 0. The Labute approximate surface area is 102 Å². The topological polar surface area (TPSA) is 49.3 Å². The highest BCUT2D eigenvalue weighted by molar-refractivity contribution is 9.10. The molecule has 15 heavy (non-hydrogen) atoms. The average Bonchev–Trinajstić information content (AvgIpc) is 2.17. The lowest BCUT2D eigenvalue weighted by Crippen LogP contribution is -2.35. The van der Waals surface area contributed by atoms with Gasteiger partial charge in [-0.1, -0.05) is 11.6 Å². The molecule has 0 aromatic heterocycles. The number of nitrogens with one attached hydrogen (secondary N) is 1. The predicted molar refractivity (Wildman–Crippen MR) is 63.2 cm³/mol. The molecule has 1 rings (SSSR count). The van der Waals surface area contributed by atoms with Crippen LogP contribution in [0.25, 0.3) is 0 Å². The summed E-state index contributed by atoms with van der Waals surface area (Å²) in [7, 11) is 0. The summed E-state index contributed by atoms with van der Waals surface area (Å²) in [6.45, 7) is 1.64. The van der Waals surface area contributed by atoms with E-state index in [9.17, 15) is 4.79 Å². The van der Waals surface area contributed by atoms with Gasteiger partial charge in [-0.05, 0) is 41.1 Å². The molecule has 3 nitrogen and oxygen atoms in total. The van der Waals surface area contributed by atoms with E-state index in [4.69, 9.17) is 16.7 Å². The van der Waals surface area contributed by atoms with Crippen LogP contribution in [0.1, 0.15) is 17.3 Å². The van der Waals surface area contributed by atoms with Crippen LogP contribution in [0.15, 0.2) is 22.7 Å². The molecule has 0 spiro atoms. The number of amides is 1. The Kier molecular flexibility index (Phi) is 4.57. The van der Waals surface area contributed by atoms with Crippen LogP contribution in [-0.2, 0) is 0 Å². The van der Waals surface area contributed by atoms with Crippen molar-refractivity contribution in [3.05, 3.63) is 33.3 Å². The molecule has 0 unspecified atom stereocenters. The van der Waals surface area contributed by atoms with Crippen LogP contribution in [0.5, 0.6) is 0 Å². The van der Waals surface area contributed by atoms with Crippen molar-refractivity contribution in [3.63, 3.8) is 0 Å². The highest BCUT2D eigenvalue weighted by Crippen LogP contribution is 2.21. The third-order valence-electron chi connectivity index (χ3n) is 1.83. The first-order valence-corrected chi connectivity index (χ1v) is 5.58. The van der Waals surface area contributed by atoms with E-state index in [1.165, 1.54) is 0 Å². The number of hydrogen-bond donors (Lipinski definition) is 2. The molecular weight excluding hydrogens is 281 g/mol. The van der Waals surface area contributed by atoms with Crippen molar-refractivity contribution in [3.8, 4) is 0 Å². The zero-order valence-electron chi connectivity index (χ0n) is 8.13. The fourth-order valence-corrected chi connectivity index (χ4v) is 1.88. The third-order valence-corrected chi connectivity index (χ3v) is 2.72. The molecule has 0 radical (unpaired) electrons. The Bertz CT molecular complexity index is 370. The van der Waals surface area contributed by atoms with E-state index in [1.54, 1.807) is 25.1 Å². The van der Waals surface area contributed by atoms with Gasteiger partial charge in [0.2, 0.25) is 0 Å². The van der Waals surface area contributed by atoms with Gasteiger partial charge in [0.1, 0.15) is 0 Å². The van der Waals surface area contributed by atoms with Crippen molar-refractivity contribution < 1.29 is 9.90 Å². The minimum absolute atomic E-state index is 0.0864. The third kappa shape index (κ3) is 3.48. The fraction of sp³-hybridized carbons (Fsp3) is 0.300. The lowest BCUT2D eigenvalue weighted by atomic mass is 10.2. The van der Waals surface area contributed by atoms with Crippen molar-refractivity contribution in [1.29, 1.82) is 0 Å². The normalized spacial score (nSPS) is 12.3. The van der Waals surface area contributed by atoms with Crippen LogP contribution in [-0.4, -0.2) is 23.7 Å². The molecule has 1 aromatic carbocycles. The molecule has 0 fully saturated rings. The molecule has 0 bridgehead atoms. The van der Waals surface area contributed by atoms with E-state index in [0.29, 0.717) is 15.1 Å². The molecule has 0 saturated carbocycles. The van der Waals surface area contributed by atoms with Gasteiger partial charge in [0.25, 0.3) is 5.91 Å². The van der Waals surface area contributed by atoms with Crippen LogP contribution in [0.3, 0.4) is 0 Å². The second kappa shape index (κ2) is 5.49. The van der Waals surface area contributed by atoms with Gasteiger partial charge in [-0.15, -0.1) is 0 Å². The second-order valence-electron chi connectivity index (χ2n) is 3.18. The summed E-state index contributed by atoms with van der Waals surface area (Å²) in [5.74, 6) is -0.236. The Hall–Kier alpha value is -0.580. The number of halogens is 2. The number of rotatable bonds is 3.